The Morgan fingerprint density at radius 1 is 0.312 bits per heavy atom. The van der Waals surface area contributed by atoms with Gasteiger partial charge in [-0.15, -0.1) is 0 Å². The van der Waals surface area contributed by atoms with Crippen LogP contribution in [0.2, 0.25) is 0 Å². The molecule has 2 nitrogen and oxygen atoms in total. The quantitative estimate of drug-likeness (QED) is 0.0618. The van der Waals surface area contributed by atoms with Gasteiger partial charge in [0, 0.05) is 6.42 Å². The summed E-state index contributed by atoms with van der Waals surface area (Å²) in [4.78, 5) is 15.1. The van der Waals surface area contributed by atoms with Crippen LogP contribution in [-0.2, 0) is 4.79 Å². The molecule has 0 aromatic carbocycles. The average Bonchev–Trinajstić information content (AvgIpc) is 4.15. The molecule has 1 aliphatic rings. The summed E-state index contributed by atoms with van der Waals surface area (Å²) in [5.74, 6) is 1.91. The molecule has 381 valence electrons. The zero-order valence-corrected chi connectivity index (χ0v) is 45.0. The van der Waals surface area contributed by atoms with Crippen molar-refractivity contribution < 1.29 is 9.90 Å². The lowest BCUT2D eigenvalue weighted by atomic mass is 9.58. The number of aliphatic hydroxyl groups is 1. The number of unbranched alkanes of at least 4 members (excludes halogenated alkanes) is 44. The Bertz CT molecular complexity index is 939. The van der Waals surface area contributed by atoms with E-state index in [2.05, 4.69) is 27.7 Å². The molecule has 0 amide bonds. The number of rotatable bonds is 55. The lowest BCUT2D eigenvalue weighted by molar-refractivity contribution is -0.150. The Balaban J connectivity index is 2.89. The molecule has 0 bridgehead atoms. The maximum absolute atomic E-state index is 15.1. The Morgan fingerprint density at radius 2 is 0.516 bits per heavy atom. The van der Waals surface area contributed by atoms with Crippen molar-refractivity contribution in [3.05, 3.63) is 5.92 Å². The number of Topliss-reactive ketones (excluding diaryl/α,β-unsaturated/α-hetero) is 1. The highest BCUT2D eigenvalue weighted by Gasteiger charge is 2.61. The molecule has 1 fully saturated rings. The first-order valence-electron chi connectivity index (χ1n) is 30.6. The highest BCUT2D eigenvalue weighted by molar-refractivity contribution is 5.89. The van der Waals surface area contributed by atoms with Gasteiger partial charge in [-0.2, -0.15) is 0 Å². The summed E-state index contributed by atoms with van der Waals surface area (Å²) in [5, 5.41) is 13.3. The molecule has 2 unspecified atom stereocenters. The number of ketones is 1. The van der Waals surface area contributed by atoms with Crippen LogP contribution in [0.25, 0.3) is 0 Å². The van der Waals surface area contributed by atoms with E-state index < -0.39 is 11.0 Å². The van der Waals surface area contributed by atoms with Crippen LogP contribution in [0.1, 0.15) is 374 Å². The normalized spacial score (nSPS) is 14.9. The first kappa shape index (κ1) is 61.6. The van der Waals surface area contributed by atoms with Crippen molar-refractivity contribution in [3.63, 3.8) is 0 Å². The number of hydrogen-bond acceptors (Lipinski definition) is 2. The maximum Gasteiger partial charge on any atom is 0.142 e. The second-order valence-corrected chi connectivity index (χ2v) is 22.0. The van der Waals surface area contributed by atoms with Gasteiger partial charge >= 0.3 is 0 Å². The van der Waals surface area contributed by atoms with Crippen molar-refractivity contribution in [2.24, 2.45) is 5.41 Å². The van der Waals surface area contributed by atoms with E-state index in [0.717, 1.165) is 57.8 Å². The van der Waals surface area contributed by atoms with Crippen molar-refractivity contribution in [2.75, 3.05) is 0 Å². The Hall–Kier alpha value is -0.370. The fourth-order valence-electron chi connectivity index (χ4n) is 11.5. The second-order valence-electron chi connectivity index (χ2n) is 22.0. The largest absolute Gasteiger partial charge is 0.389 e. The van der Waals surface area contributed by atoms with Crippen LogP contribution in [0.5, 0.6) is 0 Å². The van der Waals surface area contributed by atoms with Gasteiger partial charge in [0.1, 0.15) is 5.78 Å². The minimum Gasteiger partial charge on any atom is -0.389 e. The molecule has 0 heterocycles. The highest BCUT2D eigenvalue weighted by Crippen LogP contribution is 2.60. The van der Waals surface area contributed by atoms with Crippen molar-refractivity contribution in [1.29, 1.82) is 0 Å². The van der Waals surface area contributed by atoms with Crippen LogP contribution in [0.4, 0.5) is 0 Å². The topological polar surface area (TPSA) is 37.3 Å². The fourth-order valence-corrected chi connectivity index (χ4v) is 11.5. The molecule has 0 aliphatic heterocycles. The monoisotopic (exact) mass is 898 g/mol. The van der Waals surface area contributed by atoms with Crippen LogP contribution >= 0.6 is 0 Å². The van der Waals surface area contributed by atoms with E-state index in [1.807, 2.05) is 0 Å². The van der Waals surface area contributed by atoms with Gasteiger partial charge < -0.3 is 5.11 Å². The summed E-state index contributed by atoms with van der Waals surface area (Å²) in [7, 11) is 0. The molecule has 0 aromatic rings. The van der Waals surface area contributed by atoms with E-state index in [9.17, 15) is 5.11 Å². The smallest absolute Gasteiger partial charge is 0.142 e. The summed E-state index contributed by atoms with van der Waals surface area (Å²) in [5.41, 5.74) is -1.44. The minimum absolute atomic E-state index is 0.454. The summed E-state index contributed by atoms with van der Waals surface area (Å²) in [6.07, 6.45) is 69.7. The minimum atomic E-state index is -0.859. The van der Waals surface area contributed by atoms with Crippen LogP contribution in [-0.4, -0.2) is 16.5 Å². The highest BCUT2D eigenvalue weighted by atomic mass is 16.3. The molecular weight excluding hydrogens is 777 g/mol. The predicted molar refractivity (Wildman–Crippen MR) is 288 cm³/mol. The van der Waals surface area contributed by atoms with E-state index in [-0.39, 0.29) is 0 Å². The van der Waals surface area contributed by atoms with Crippen molar-refractivity contribution in [2.45, 2.75) is 380 Å². The SMILES string of the molecule is CCCCCCCCCCCCCCCCC([C]1CC1)(C(=O)CCCCCCCCCCCCC)C(O)(CCCCCCCCCCCC)CCCCCCCCCCCCCCC. The summed E-state index contributed by atoms with van der Waals surface area (Å²) >= 11 is 0. The second kappa shape index (κ2) is 46.4. The Morgan fingerprint density at radius 3 is 0.750 bits per heavy atom. The van der Waals surface area contributed by atoms with Gasteiger partial charge in [-0.1, -0.05) is 329 Å². The standard InChI is InChI=1S/C62H121O2/c1-5-9-13-17-21-25-29-31-33-36-40-44-48-52-58-62(59-54-55-59,60(63)53-49-45-41-37-34-27-23-19-15-11-7-3)61(64,56-50-46-42-38-28-24-20-16-12-8-4)57-51-47-43-39-35-32-30-26-22-18-14-10-6-2/h64H,5-58H2,1-4H3. The van der Waals surface area contributed by atoms with Gasteiger partial charge in [-0.05, 0) is 44.4 Å². The Labute approximate surface area is 405 Å². The van der Waals surface area contributed by atoms with Crippen molar-refractivity contribution >= 4 is 5.78 Å². The average molecular weight is 899 g/mol. The lowest BCUT2D eigenvalue weighted by Crippen LogP contribution is -2.54. The number of hydrogen-bond donors (Lipinski definition) is 1. The van der Waals surface area contributed by atoms with E-state index in [4.69, 9.17) is 0 Å². The third kappa shape index (κ3) is 33.2. The van der Waals surface area contributed by atoms with Crippen LogP contribution in [0.3, 0.4) is 0 Å². The van der Waals surface area contributed by atoms with E-state index in [0.29, 0.717) is 12.2 Å². The van der Waals surface area contributed by atoms with Crippen LogP contribution in [0.15, 0.2) is 0 Å². The summed E-state index contributed by atoms with van der Waals surface area (Å²) in [6.45, 7) is 9.23. The van der Waals surface area contributed by atoms with Gasteiger partial charge in [-0.25, -0.2) is 0 Å². The molecule has 1 aliphatic carbocycles. The third-order valence-electron chi connectivity index (χ3n) is 15.9. The molecule has 1 radical (unpaired) electrons. The molecule has 0 spiro atoms. The van der Waals surface area contributed by atoms with Crippen molar-refractivity contribution in [1.82, 2.24) is 0 Å². The van der Waals surface area contributed by atoms with Gasteiger partial charge in [0.15, 0.2) is 0 Å². The Kier molecular flexibility index (Phi) is 44.7. The number of carbonyl (C=O) groups excluding carboxylic acids is 1. The first-order valence-corrected chi connectivity index (χ1v) is 30.6. The third-order valence-corrected chi connectivity index (χ3v) is 15.9. The first-order chi connectivity index (χ1) is 31.5. The van der Waals surface area contributed by atoms with Gasteiger partial charge in [0.2, 0.25) is 0 Å². The molecule has 2 atom stereocenters. The molecule has 1 rings (SSSR count). The van der Waals surface area contributed by atoms with E-state index >= 15 is 4.79 Å². The zero-order valence-electron chi connectivity index (χ0n) is 45.0. The molecule has 0 saturated heterocycles. The molecule has 2 heteroatoms. The van der Waals surface area contributed by atoms with Gasteiger partial charge in [-0.3, -0.25) is 4.79 Å². The van der Waals surface area contributed by atoms with Crippen molar-refractivity contribution in [3.8, 4) is 0 Å². The molecule has 0 aromatic heterocycles. The van der Waals surface area contributed by atoms with Crippen LogP contribution < -0.4 is 0 Å². The number of carbonyl (C=O) groups is 1. The molecular formula is C62H121O2. The molecule has 1 saturated carbocycles. The van der Waals surface area contributed by atoms with E-state index in [1.165, 1.54) is 288 Å². The van der Waals surface area contributed by atoms with Crippen LogP contribution in [0, 0.1) is 11.3 Å². The molecule has 64 heavy (non-hydrogen) atoms. The predicted octanol–water partition coefficient (Wildman–Crippen LogP) is 22.0. The summed E-state index contributed by atoms with van der Waals surface area (Å²) in [6, 6.07) is 0. The van der Waals surface area contributed by atoms with E-state index in [1.54, 1.807) is 0 Å². The fraction of sp³-hybridized carbons (Fsp3) is 0.968. The van der Waals surface area contributed by atoms with Gasteiger partial charge in [0.05, 0.1) is 11.0 Å². The summed E-state index contributed by atoms with van der Waals surface area (Å²) < 4.78 is 0. The lowest BCUT2D eigenvalue weighted by Gasteiger charge is -2.48. The van der Waals surface area contributed by atoms with Gasteiger partial charge in [0.25, 0.3) is 0 Å². The zero-order chi connectivity index (χ0) is 46.3. The maximum atomic E-state index is 15.1. The molecule has 1 N–H and O–H groups in total.